The van der Waals surface area contributed by atoms with Gasteiger partial charge in [-0.2, -0.15) is 0 Å². The standard InChI is InChI=1S/C78H131NO13/c1-3-5-7-9-11-13-15-17-19-21-23-25-27-29-30-31-32-33-34-35-36-38-40-42-44-46-48-50-52-54-56-58-60-62-70(83)79-66(65-89-77-75(88)73(86)76(69(64-81)91-77)92-78-74(87)72(85)71(84)68(63-80)90-78)67(82)61-59-57-55-53-51-49-47-45-43-41-39-37-28-26-24-22-20-18-16-14-12-10-8-6-4-2/h5,7,11,13,17,19,23,25,29-30,32-33,35-36,40,42-43,45,51,53,59,61,66-69,71-78,80-82,84-88H,3-4,6,8-10,12,14-16,18,20-22,24,26-28,31,34,37-39,41,44,46-50,52,54-58,60,62-65H2,1-2H3,(H,79,83)/b7-5-,13-11-,19-17-,25-23-,30-29-,33-32-,36-35-,42-40-,45-43+,53-51+,61-59+. The van der Waals surface area contributed by atoms with Gasteiger partial charge >= 0.3 is 0 Å². The van der Waals surface area contributed by atoms with Crippen LogP contribution in [0.1, 0.15) is 258 Å². The molecule has 0 aromatic rings. The lowest BCUT2D eigenvalue weighted by molar-refractivity contribution is -0.359. The van der Waals surface area contributed by atoms with Gasteiger partial charge in [0, 0.05) is 6.42 Å². The molecule has 526 valence electrons. The number of nitrogens with one attached hydrogen (secondary N) is 1. The van der Waals surface area contributed by atoms with Crippen molar-refractivity contribution in [1.82, 2.24) is 5.32 Å². The summed E-state index contributed by atoms with van der Waals surface area (Å²) >= 11 is 0. The van der Waals surface area contributed by atoms with Gasteiger partial charge in [0.05, 0.1) is 32.0 Å². The molecule has 12 atom stereocenters. The van der Waals surface area contributed by atoms with Crippen LogP contribution in [0.15, 0.2) is 134 Å². The maximum atomic E-state index is 13.3. The number of ether oxygens (including phenoxy) is 4. The van der Waals surface area contributed by atoms with Gasteiger partial charge in [-0.15, -0.1) is 0 Å². The van der Waals surface area contributed by atoms with Crippen molar-refractivity contribution < 1.29 is 64.6 Å². The fraction of sp³-hybridized carbons (Fsp3) is 0.705. The zero-order valence-corrected chi connectivity index (χ0v) is 57.2. The minimum Gasteiger partial charge on any atom is -0.394 e. The van der Waals surface area contributed by atoms with E-state index in [0.29, 0.717) is 12.8 Å². The molecule has 2 rings (SSSR count). The van der Waals surface area contributed by atoms with E-state index in [4.69, 9.17) is 18.9 Å². The lowest BCUT2D eigenvalue weighted by Crippen LogP contribution is -2.65. The molecule has 9 N–H and O–H groups in total. The molecule has 2 saturated heterocycles. The molecule has 0 bridgehead atoms. The largest absolute Gasteiger partial charge is 0.394 e. The lowest BCUT2D eigenvalue weighted by atomic mass is 9.97. The number of rotatable bonds is 58. The SMILES string of the molecule is CC/C=C\C/C=C\C/C=C\C/C=C\C/C=C\C/C=C\C/C=C\C/C=C\CCCCCCCCCCC(=O)NC(COC1OC(CO)C(OC2OC(CO)C(O)C(O)C2O)C(O)C1O)C(O)/C=C/CC/C=C/CC/C=C/CCCCCCCCCCCCCCCCC. The van der Waals surface area contributed by atoms with Crippen LogP contribution in [0.4, 0.5) is 0 Å². The van der Waals surface area contributed by atoms with Crippen molar-refractivity contribution in [2.75, 3.05) is 19.8 Å². The Labute approximate surface area is 558 Å². The highest BCUT2D eigenvalue weighted by atomic mass is 16.7. The fourth-order valence-electron chi connectivity index (χ4n) is 11.0. The van der Waals surface area contributed by atoms with Crippen LogP contribution >= 0.6 is 0 Å². The summed E-state index contributed by atoms with van der Waals surface area (Å²) in [5.74, 6) is -0.266. The van der Waals surface area contributed by atoms with E-state index in [1.807, 2.05) is 6.08 Å². The maximum Gasteiger partial charge on any atom is 0.220 e. The third-order valence-corrected chi connectivity index (χ3v) is 16.8. The summed E-state index contributed by atoms with van der Waals surface area (Å²) < 4.78 is 22.8. The molecule has 2 aliphatic rings. The second-order valence-electron chi connectivity index (χ2n) is 25.0. The number of unbranched alkanes of at least 4 members (excludes halogenated alkanes) is 25. The van der Waals surface area contributed by atoms with E-state index in [1.165, 1.54) is 116 Å². The first-order valence-electron chi connectivity index (χ1n) is 36.4. The monoisotopic (exact) mass is 1290 g/mol. The Balaban J connectivity index is 1.70. The fourth-order valence-corrected chi connectivity index (χ4v) is 11.0. The Morgan fingerprint density at radius 3 is 1.20 bits per heavy atom. The smallest absolute Gasteiger partial charge is 0.220 e. The molecular weight excluding hydrogens is 1160 g/mol. The summed E-state index contributed by atoms with van der Waals surface area (Å²) in [6, 6.07) is -0.954. The number of carbonyl (C=O) groups is 1. The van der Waals surface area contributed by atoms with Gasteiger partial charge in [0.25, 0.3) is 0 Å². The molecule has 2 heterocycles. The average molecular weight is 1290 g/mol. The van der Waals surface area contributed by atoms with Crippen LogP contribution in [0.25, 0.3) is 0 Å². The van der Waals surface area contributed by atoms with Gasteiger partial charge < -0.3 is 65.1 Å². The summed E-state index contributed by atoms with van der Waals surface area (Å²) in [5.41, 5.74) is 0. The van der Waals surface area contributed by atoms with E-state index in [9.17, 15) is 45.6 Å². The van der Waals surface area contributed by atoms with Crippen molar-refractivity contribution in [1.29, 1.82) is 0 Å². The summed E-state index contributed by atoms with van der Waals surface area (Å²) in [7, 11) is 0. The molecule has 0 aromatic carbocycles. The zero-order valence-electron chi connectivity index (χ0n) is 57.2. The number of amides is 1. The second kappa shape index (κ2) is 60.8. The Morgan fingerprint density at radius 1 is 0.402 bits per heavy atom. The minimum atomic E-state index is -1.80. The van der Waals surface area contributed by atoms with Crippen molar-refractivity contribution >= 4 is 5.91 Å². The normalized spacial score (nSPS) is 23.5. The van der Waals surface area contributed by atoms with E-state index < -0.39 is 86.8 Å². The molecule has 1 amide bonds. The predicted molar refractivity (Wildman–Crippen MR) is 378 cm³/mol. The molecule has 12 unspecified atom stereocenters. The average Bonchev–Trinajstić information content (AvgIpc) is 0.829. The van der Waals surface area contributed by atoms with E-state index >= 15 is 0 Å². The molecule has 14 heteroatoms. The first kappa shape index (κ1) is 84.2. The molecule has 0 aliphatic carbocycles. The molecule has 92 heavy (non-hydrogen) atoms. The highest BCUT2D eigenvalue weighted by molar-refractivity contribution is 5.76. The highest BCUT2D eigenvalue weighted by Gasteiger charge is 2.51. The highest BCUT2D eigenvalue weighted by Crippen LogP contribution is 2.30. The first-order valence-corrected chi connectivity index (χ1v) is 36.4. The molecule has 0 saturated carbocycles. The summed E-state index contributed by atoms with van der Waals surface area (Å²) in [6.07, 6.45) is 73.6. The van der Waals surface area contributed by atoms with Crippen LogP contribution in [0.3, 0.4) is 0 Å². The summed E-state index contributed by atoms with van der Waals surface area (Å²) in [5, 5.41) is 87.5. The second-order valence-corrected chi connectivity index (χ2v) is 25.0. The van der Waals surface area contributed by atoms with E-state index in [1.54, 1.807) is 6.08 Å². The van der Waals surface area contributed by atoms with E-state index in [-0.39, 0.29) is 18.9 Å². The van der Waals surface area contributed by atoms with Gasteiger partial charge in [-0.3, -0.25) is 4.79 Å². The first-order chi connectivity index (χ1) is 45.1. The van der Waals surface area contributed by atoms with Crippen LogP contribution in [0.2, 0.25) is 0 Å². The molecule has 0 radical (unpaired) electrons. The van der Waals surface area contributed by atoms with Gasteiger partial charge in [-0.1, -0.05) is 276 Å². The van der Waals surface area contributed by atoms with Gasteiger partial charge in [-0.05, 0) is 109 Å². The van der Waals surface area contributed by atoms with Gasteiger partial charge in [-0.25, -0.2) is 0 Å². The van der Waals surface area contributed by atoms with Crippen LogP contribution in [-0.4, -0.2) is 140 Å². The van der Waals surface area contributed by atoms with Crippen molar-refractivity contribution in [3.05, 3.63) is 134 Å². The Bertz CT molecular complexity index is 2060. The minimum absolute atomic E-state index is 0.251. The number of hydrogen-bond acceptors (Lipinski definition) is 13. The Morgan fingerprint density at radius 2 is 0.761 bits per heavy atom. The number of carbonyl (C=O) groups excluding carboxylic acids is 1. The zero-order chi connectivity index (χ0) is 66.6. The van der Waals surface area contributed by atoms with Crippen LogP contribution in [0.5, 0.6) is 0 Å². The Hall–Kier alpha value is -3.87. The van der Waals surface area contributed by atoms with Crippen LogP contribution in [0, 0.1) is 0 Å². The quantitative estimate of drug-likeness (QED) is 0.0204. The summed E-state index contributed by atoms with van der Waals surface area (Å²) in [4.78, 5) is 13.3. The molecule has 2 aliphatic heterocycles. The number of allylic oxidation sites excluding steroid dienone is 21. The van der Waals surface area contributed by atoms with Crippen molar-refractivity contribution in [2.24, 2.45) is 0 Å². The van der Waals surface area contributed by atoms with Crippen molar-refractivity contribution in [3.63, 3.8) is 0 Å². The van der Waals surface area contributed by atoms with Gasteiger partial charge in [0.2, 0.25) is 5.91 Å². The lowest BCUT2D eigenvalue weighted by Gasteiger charge is -2.46. The van der Waals surface area contributed by atoms with Gasteiger partial charge in [0.15, 0.2) is 12.6 Å². The van der Waals surface area contributed by atoms with E-state index in [2.05, 4.69) is 141 Å². The number of aliphatic hydroxyl groups is 8. The predicted octanol–water partition coefficient (Wildman–Crippen LogP) is 15.5. The maximum absolute atomic E-state index is 13.3. The molecular formula is C78H131NO13. The van der Waals surface area contributed by atoms with Crippen LogP contribution < -0.4 is 5.32 Å². The molecule has 0 aromatic heterocycles. The topological polar surface area (TPSA) is 228 Å². The number of aliphatic hydroxyl groups excluding tert-OH is 8. The third-order valence-electron chi connectivity index (χ3n) is 16.8. The summed E-state index contributed by atoms with van der Waals surface area (Å²) in [6.45, 7) is 2.66. The number of hydrogen-bond donors (Lipinski definition) is 9. The third kappa shape index (κ3) is 44.0. The molecule has 2 fully saturated rings. The van der Waals surface area contributed by atoms with Gasteiger partial charge in [0.1, 0.15) is 48.8 Å². The van der Waals surface area contributed by atoms with E-state index in [0.717, 1.165) is 109 Å². The van der Waals surface area contributed by atoms with Crippen molar-refractivity contribution in [3.8, 4) is 0 Å². The van der Waals surface area contributed by atoms with Crippen LogP contribution in [-0.2, 0) is 23.7 Å². The molecule has 0 spiro atoms. The molecule has 14 nitrogen and oxygen atoms in total. The van der Waals surface area contributed by atoms with Crippen molar-refractivity contribution in [2.45, 2.75) is 331 Å². The Kier molecular flexibility index (Phi) is 55.6.